The van der Waals surface area contributed by atoms with Gasteiger partial charge in [0.2, 0.25) is 0 Å². The molecule has 32 heavy (non-hydrogen) atoms. The van der Waals surface area contributed by atoms with E-state index in [1.807, 2.05) is 48.5 Å². The largest absolute Gasteiger partial charge is 0.456 e. The Kier molecular flexibility index (Phi) is 9.48. The van der Waals surface area contributed by atoms with Crippen LogP contribution >= 0.6 is 0 Å². The number of carbonyl (C=O) groups excluding carboxylic acids is 2. The molecule has 1 heterocycles. The Hall–Kier alpha value is -2.95. The summed E-state index contributed by atoms with van der Waals surface area (Å²) in [5, 5.41) is 4.66. The highest BCUT2D eigenvalue weighted by Gasteiger charge is 2.13. The third-order valence-corrected chi connectivity index (χ3v) is 5.70. The molecule has 5 heteroatoms. The number of nitrogens with one attached hydrogen (secondary N) is 1. The number of benzene rings is 2. The quantitative estimate of drug-likeness (QED) is 0.183. The Labute approximate surface area is 190 Å². The number of anilines is 1. The summed E-state index contributed by atoms with van der Waals surface area (Å²) in [7, 11) is 0. The molecule has 0 aliphatic rings. The number of amides is 1. The van der Waals surface area contributed by atoms with Gasteiger partial charge in [0.05, 0.1) is 16.7 Å². The molecule has 0 aliphatic heterocycles. The van der Waals surface area contributed by atoms with Crippen molar-refractivity contribution in [2.24, 2.45) is 0 Å². The van der Waals surface area contributed by atoms with E-state index in [9.17, 15) is 9.59 Å². The molecule has 1 amide bonds. The number of nitrogens with zero attached hydrogens (tertiary/aromatic N) is 1. The summed E-state index contributed by atoms with van der Waals surface area (Å²) in [5.41, 5.74) is 2.32. The minimum absolute atomic E-state index is 0.277. The lowest BCUT2D eigenvalue weighted by Crippen LogP contribution is -2.21. The van der Waals surface area contributed by atoms with Crippen molar-refractivity contribution in [1.29, 1.82) is 0 Å². The van der Waals surface area contributed by atoms with Crippen LogP contribution in [0.2, 0.25) is 0 Å². The van der Waals surface area contributed by atoms with Gasteiger partial charge in [-0.15, -0.1) is 0 Å². The molecule has 1 aromatic heterocycles. The average Bonchev–Trinajstić information content (AvgIpc) is 2.81. The number of hydrogen-bond donors (Lipinski definition) is 1. The van der Waals surface area contributed by atoms with Gasteiger partial charge in [-0.25, -0.2) is 4.98 Å². The number of pyridine rings is 1. The summed E-state index contributed by atoms with van der Waals surface area (Å²) in [6, 6.07) is 15.4. The normalized spacial score (nSPS) is 11.0. The number of esters is 1. The van der Waals surface area contributed by atoms with Crippen molar-refractivity contribution >= 4 is 39.4 Å². The van der Waals surface area contributed by atoms with E-state index in [1.54, 1.807) is 0 Å². The van der Waals surface area contributed by atoms with E-state index < -0.39 is 0 Å². The molecular formula is C27H34N2O3. The number of carbonyl (C=O) groups is 2. The lowest BCUT2D eigenvalue weighted by atomic mass is 10.1. The molecule has 170 valence electrons. The van der Waals surface area contributed by atoms with Crippen LogP contribution in [-0.4, -0.2) is 23.5 Å². The molecule has 0 atom stereocenters. The Balaban J connectivity index is 1.43. The Morgan fingerprint density at radius 1 is 0.781 bits per heavy atom. The lowest BCUT2D eigenvalue weighted by molar-refractivity contribution is -0.147. The standard InChI is InChI=1S/C27H34N2O3/c1-2-3-4-5-6-7-8-9-10-19-26(31)32-20-25(30)29-27-21-15-11-13-17-23(21)28-24-18-14-12-16-22(24)27/h11-18H,2-10,19-20H2,1H3,(H,28,29,30). The van der Waals surface area contributed by atoms with Crippen LogP contribution < -0.4 is 5.32 Å². The van der Waals surface area contributed by atoms with Crippen LogP contribution in [0.25, 0.3) is 21.8 Å². The maximum atomic E-state index is 12.5. The smallest absolute Gasteiger partial charge is 0.306 e. The lowest BCUT2D eigenvalue weighted by Gasteiger charge is -2.12. The van der Waals surface area contributed by atoms with Crippen molar-refractivity contribution in [2.75, 3.05) is 11.9 Å². The number of ether oxygens (including phenoxy) is 1. The first kappa shape index (κ1) is 23.7. The Morgan fingerprint density at radius 3 is 1.91 bits per heavy atom. The van der Waals surface area contributed by atoms with Gasteiger partial charge in [-0.1, -0.05) is 94.7 Å². The maximum absolute atomic E-state index is 12.5. The first-order chi connectivity index (χ1) is 15.7. The summed E-state index contributed by atoms with van der Waals surface area (Å²) < 4.78 is 5.21. The van der Waals surface area contributed by atoms with Crippen LogP contribution in [0.15, 0.2) is 48.5 Å². The first-order valence-electron chi connectivity index (χ1n) is 11.9. The zero-order valence-corrected chi connectivity index (χ0v) is 19.1. The third kappa shape index (κ3) is 7.04. The molecule has 2 aromatic carbocycles. The van der Waals surface area contributed by atoms with Gasteiger partial charge in [-0.05, 0) is 18.6 Å². The fraction of sp³-hybridized carbons (Fsp3) is 0.444. The first-order valence-corrected chi connectivity index (χ1v) is 11.9. The number of hydrogen-bond acceptors (Lipinski definition) is 4. The minimum atomic E-state index is -0.341. The van der Waals surface area contributed by atoms with Gasteiger partial charge in [0.15, 0.2) is 6.61 Å². The van der Waals surface area contributed by atoms with Gasteiger partial charge in [0.1, 0.15) is 0 Å². The van der Waals surface area contributed by atoms with Crippen LogP contribution in [0, 0.1) is 0 Å². The van der Waals surface area contributed by atoms with E-state index in [0.29, 0.717) is 12.1 Å². The van der Waals surface area contributed by atoms with E-state index in [1.165, 1.54) is 38.5 Å². The molecule has 0 saturated heterocycles. The van der Waals surface area contributed by atoms with Gasteiger partial charge in [0, 0.05) is 17.2 Å². The highest BCUT2D eigenvalue weighted by molar-refractivity contribution is 6.12. The highest BCUT2D eigenvalue weighted by atomic mass is 16.5. The van der Waals surface area contributed by atoms with Crippen LogP contribution in [0.1, 0.15) is 71.1 Å². The van der Waals surface area contributed by atoms with E-state index in [-0.39, 0.29) is 18.5 Å². The van der Waals surface area contributed by atoms with Crippen molar-refractivity contribution in [3.05, 3.63) is 48.5 Å². The predicted octanol–water partition coefficient (Wildman–Crippen LogP) is 6.79. The molecule has 0 bridgehead atoms. The van der Waals surface area contributed by atoms with Crippen molar-refractivity contribution in [2.45, 2.75) is 71.1 Å². The molecule has 0 saturated carbocycles. The fourth-order valence-corrected chi connectivity index (χ4v) is 3.95. The number of rotatable bonds is 13. The number of fused-ring (bicyclic) bond motifs is 2. The summed E-state index contributed by atoms with van der Waals surface area (Å²) in [6.45, 7) is 1.95. The van der Waals surface area contributed by atoms with Crippen LogP contribution in [0.5, 0.6) is 0 Å². The van der Waals surface area contributed by atoms with E-state index in [0.717, 1.165) is 41.1 Å². The zero-order chi connectivity index (χ0) is 22.6. The molecule has 3 rings (SSSR count). The van der Waals surface area contributed by atoms with Crippen molar-refractivity contribution in [3.63, 3.8) is 0 Å². The second-order valence-electron chi connectivity index (χ2n) is 8.31. The summed E-state index contributed by atoms with van der Waals surface area (Å²) >= 11 is 0. The molecule has 5 nitrogen and oxygen atoms in total. The molecule has 0 fully saturated rings. The number of aromatic nitrogens is 1. The zero-order valence-electron chi connectivity index (χ0n) is 19.1. The molecule has 0 aliphatic carbocycles. The van der Waals surface area contributed by atoms with Gasteiger partial charge in [-0.3, -0.25) is 9.59 Å². The molecule has 3 aromatic rings. The van der Waals surface area contributed by atoms with Crippen LogP contribution in [0.3, 0.4) is 0 Å². The van der Waals surface area contributed by atoms with Crippen molar-refractivity contribution < 1.29 is 14.3 Å². The fourth-order valence-electron chi connectivity index (χ4n) is 3.95. The topological polar surface area (TPSA) is 68.3 Å². The van der Waals surface area contributed by atoms with Crippen molar-refractivity contribution in [1.82, 2.24) is 4.98 Å². The van der Waals surface area contributed by atoms with Gasteiger partial charge in [0.25, 0.3) is 5.91 Å². The molecule has 0 radical (unpaired) electrons. The highest BCUT2D eigenvalue weighted by Crippen LogP contribution is 2.30. The molecule has 1 N–H and O–H groups in total. The monoisotopic (exact) mass is 434 g/mol. The van der Waals surface area contributed by atoms with E-state index >= 15 is 0 Å². The Morgan fingerprint density at radius 2 is 1.31 bits per heavy atom. The maximum Gasteiger partial charge on any atom is 0.306 e. The van der Waals surface area contributed by atoms with Crippen LogP contribution in [0.4, 0.5) is 5.69 Å². The SMILES string of the molecule is CCCCCCCCCCCC(=O)OCC(=O)Nc1c2ccccc2nc2ccccc12. The second-order valence-corrected chi connectivity index (χ2v) is 8.31. The van der Waals surface area contributed by atoms with E-state index in [4.69, 9.17) is 4.74 Å². The van der Waals surface area contributed by atoms with Gasteiger partial charge < -0.3 is 10.1 Å². The molecule has 0 unspecified atom stereocenters. The van der Waals surface area contributed by atoms with Gasteiger partial charge >= 0.3 is 5.97 Å². The molecule has 0 spiro atoms. The summed E-state index contributed by atoms with van der Waals surface area (Å²) in [6.07, 6.45) is 11.1. The number of para-hydroxylation sites is 2. The van der Waals surface area contributed by atoms with E-state index in [2.05, 4.69) is 17.2 Å². The average molecular weight is 435 g/mol. The van der Waals surface area contributed by atoms with Crippen LogP contribution in [-0.2, 0) is 14.3 Å². The minimum Gasteiger partial charge on any atom is -0.456 e. The summed E-state index contributed by atoms with van der Waals surface area (Å²) in [5.74, 6) is -0.653. The van der Waals surface area contributed by atoms with Crippen molar-refractivity contribution in [3.8, 4) is 0 Å². The second kappa shape index (κ2) is 12.8. The molecular weight excluding hydrogens is 400 g/mol. The third-order valence-electron chi connectivity index (χ3n) is 5.70. The Bertz CT molecular complexity index is 978. The predicted molar refractivity (Wildman–Crippen MR) is 131 cm³/mol. The van der Waals surface area contributed by atoms with Gasteiger partial charge in [-0.2, -0.15) is 0 Å². The number of unbranched alkanes of at least 4 members (excludes halogenated alkanes) is 8. The summed E-state index contributed by atoms with van der Waals surface area (Å²) in [4.78, 5) is 29.2.